The van der Waals surface area contributed by atoms with Crippen LogP contribution in [-0.4, -0.2) is 66.4 Å². The number of methoxy groups -OCH3 is 1. The van der Waals surface area contributed by atoms with E-state index in [2.05, 4.69) is 54.4 Å². The third kappa shape index (κ3) is 6.56. The third-order valence-corrected chi connectivity index (χ3v) is 15.7. The lowest BCUT2D eigenvalue weighted by Crippen LogP contribution is -2.51. The predicted octanol–water partition coefficient (Wildman–Crippen LogP) is 6.50. The van der Waals surface area contributed by atoms with Crippen molar-refractivity contribution in [2.24, 2.45) is 5.92 Å². The lowest BCUT2D eigenvalue weighted by atomic mass is 9.82. The van der Waals surface area contributed by atoms with Gasteiger partial charge in [0.15, 0.2) is 5.60 Å². The number of hydrogen-bond acceptors (Lipinski definition) is 7. The molecule has 1 aromatic heterocycles. The molecule has 1 unspecified atom stereocenters. The molecule has 2 aliphatic heterocycles. The van der Waals surface area contributed by atoms with E-state index in [-0.39, 0.29) is 41.9 Å². The van der Waals surface area contributed by atoms with Crippen molar-refractivity contribution in [3.8, 4) is 5.75 Å². The molecule has 2 aliphatic rings. The highest BCUT2D eigenvalue weighted by Crippen LogP contribution is 2.60. The number of carbonyl (C=O) groups excluding carboxylic acids is 2. The molecule has 0 bridgehead atoms. The number of aryl methyl sites for hydroxylation is 1. The second-order valence-corrected chi connectivity index (χ2v) is 19.4. The van der Waals surface area contributed by atoms with E-state index in [1.807, 2.05) is 89.7 Å². The highest BCUT2D eigenvalue weighted by atomic mass is 28.3. The lowest BCUT2D eigenvalue weighted by Gasteiger charge is -2.37. The van der Waals surface area contributed by atoms with Crippen LogP contribution in [-0.2, 0) is 21.7 Å². The molecule has 54 heavy (non-hydrogen) atoms. The Balaban J connectivity index is 1.26. The molecule has 5 aromatic rings. The van der Waals surface area contributed by atoms with Crippen molar-refractivity contribution < 1.29 is 24.2 Å². The Morgan fingerprint density at radius 3 is 2.43 bits per heavy atom. The van der Waals surface area contributed by atoms with Crippen molar-refractivity contribution in [1.82, 2.24) is 15.0 Å². The van der Waals surface area contributed by atoms with Gasteiger partial charge in [-0.1, -0.05) is 97.2 Å². The summed E-state index contributed by atoms with van der Waals surface area (Å²) in [4.78, 5) is 29.9. The molecular formula is C43H47N5O5Si. The largest absolute Gasteiger partial charge is 0.497 e. The lowest BCUT2D eigenvalue weighted by molar-refractivity contribution is -0.145. The normalized spacial score (nSPS) is 21.2. The van der Waals surface area contributed by atoms with Gasteiger partial charge in [0.1, 0.15) is 5.75 Å². The predicted molar refractivity (Wildman–Crippen MR) is 213 cm³/mol. The average molecular weight is 742 g/mol. The molecule has 2 N–H and O–H groups in total. The topological polar surface area (TPSA) is 119 Å². The Morgan fingerprint density at radius 2 is 1.76 bits per heavy atom. The second kappa shape index (κ2) is 15.2. The maximum absolute atomic E-state index is 14.9. The summed E-state index contributed by atoms with van der Waals surface area (Å²) in [7, 11) is -0.734. The summed E-state index contributed by atoms with van der Waals surface area (Å²) in [6.07, 6.45) is 3.89. The number of hydrogen-bond donors (Lipinski definition) is 2. The molecule has 0 aliphatic carbocycles. The maximum atomic E-state index is 14.9. The highest BCUT2D eigenvalue weighted by molar-refractivity contribution is 6.91. The molecule has 4 aromatic carbocycles. The summed E-state index contributed by atoms with van der Waals surface area (Å²) < 4.78 is 14.6. The molecule has 7 rings (SSSR count). The third-order valence-electron chi connectivity index (χ3n) is 11.4. The summed E-state index contributed by atoms with van der Waals surface area (Å²) in [5.74, 6) is -0.0872. The summed E-state index contributed by atoms with van der Waals surface area (Å²) >= 11 is 0. The van der Waals surface area contributed by atoms with Gasteiger partial charge in [-0.05, 0) is 60.0 Å². The zero-order chi connectivity index (χ0) is 38.0. The molecule has 1 fully saturated rings. The minimum absolute atomic E-state index is 0.00597. The molecule has 1 spiro atoms. The van der Waals surface area contributed by atoms with Crippen LogP contribution in [0.15, 0.2) is 122 Å². The number of ether oxygens (including phenoxy) is 2. The first kappa shape index (κ1) is 37.0. The number of aromatic nitrogens is 3. The molecule has 278 valence electrons. The van der Waals surface area contributed by atoms with Gasteiger partial charge >= 0.3 is 0 Å². The number of amides is 2. The fourth-order valence-corrected chi connectivity index (χ4v) is 12.7. The van der Waals surface area contributed by atoms with Crippen molar-refractivity contribution in [3.05, 3.63) is 144 Å². The number of nitrogens with one attached hydrogen (secondary N) is 1. The zero-order valence-corrected chi connectivity index (χ0v) is 32.2. The molecule has 3 heterocycles. The Bertz CT molecular complexity index is 2120. The van der Waals surface area contributed by atoms with Gasteiger partial charge in [0.25, 0.3) is 11.8 Å². The van der Waals surface area contributed by atoms with E-state index < -0.39 is 13.7 Å². The van der Waals surface area contributed by atoms with E-state index in [1.54, 1.807) is 30.2 Å². The Morgan fingerprint density at radius 1 is 1.06 bits per heavy atom. The standard InChI is InChI=1S/C43H47N5O5Si/c1-6-24-48-38-22-17-32(44-41(50)31-15-11-8-12-16-31)26-36(38)43(42(48)51)29(2)40(54(4,5)34-20-18-33(52-3)19-21-34)39(53-43)23-25-47-27-37(45-46-47)35(28-49)30-13-9-7-10-14-30/h6-22,26-27,29,35,39-40,49H,1,23-25,28H2,2-5H3,(H,44,50)/t29-,35?,39+,40-,43+/m0/s1. The number of anilines is 2. The molecular weight excluding hydrogens is 695 g/mol. The second-order valence-electron chi connectivity index (χ2n) is 14.8. The van der Waals surface area contributed by atoms with Crippen LogP contribution in [0.25, 0.3) is 0 Å². The zero-order valence-electron chi connectivity index (χ0n) is 31.2. The van der Waals surface area contributed by atoms with Gasteiger partial charge in [-0.2, -0.15) is 0 Å². The summed E-state index contributed by atoms with van der Waals surface area (Å²) in [6, 6.07) is 32.8. The summed E-state index contributed by atoms with van der Waals surface area (Å²) in [6.45, 7) is 11.5. The summed E-state index contributed by atoms with van der Waals surface area (Å²) in [5.41, 5.74) is 3.00. The van der Waals surface area contributed by atoms with Gasteiger partial charge in [0.05, 0.1) is 45.2 Å². The molecule has 5 atom stereocenters. The number of aliphatic hydroxyl groups excluding tert-OH is 1. The Hall–Kier alpha value is -5.36. The van der Waals surface area contributed by atoms with E-state index in [4.69, 9.17) is 9.47 Å². The van der Waals surface area contributed by atoms with E-state index in [0.717, 1.165) is 22.6 Å². The minimum atomic E-state index is -2.40. The van der Waals surface area contributed by atoms with Crippen LogP contribution in [0.3, 0.4) is 0 Å². The first-order valence-corrected chi connectivity index (χ1v) is 21.5. The summed E-state index contributed by atoms with van der Waals surface area (Å²) in [5, 5.41) is 23.5. The van der Waals surface area contributed by atoms with Crippen LogP contribution in [0, 0.1) is 5.92 Å². The number of rotatable bonds is 13. The van der Waals surface area contributed by atoms with Gasteiger partial charge in [0.2, 0.25) is 0 Å². The number of fused-ring (bicyclic) bond motifs is 2. The van der Waals surface area contributed by atoms with Gasteiger partial charge in [-0.15, -0.1) is 11.7 Å². The van der Waals surface area contributed by atoms with Gasteiger partial charge in [0, 0.05) is 42.0 Å². The van der Waals surface area contributed by atoms with Crippen LogP contribution < -0.4 is 20.1 Å². The van der Waals surface area contributed by atoms with Crippen molar-refractivity contribution in [1.29, 1.82) is 0 Å². The van der Waals surface area contributed by atoms with Gasteiger partial charge < -0.3 is 24.8 Å². The minimum Gasteiger partial charge on any atom is -0.497 e. The molecule has 11 heteroatoms. The van der Waals surface area contributed by atoms with Crippen molar-refractivity contribution in [3.63, 3.8) is 0 Å². The first-order chi connectivity index (χ1) is 26.1. The fraction of sp³-hybridized carbons (Fsp3) is 0.302. The monoisotopic (exact) mass is 741 g/mol. The van der Waals surface area contributed by atoms with Crippen LogP contribution in [0.1, 0.15) is 46.4 Å². The molecule has 0 radical (unpaired) electrons. The molecule has 0 saturated carbocycles. The fourth-order valence-electron chi connectivity index (χ4n) is 8.66. The molecule has 10 nitrogen and oxygen atoms in total. The number of benzene rings is 4. The quantitative estimate of drug-likeness (QED) is 0.105. The van der Waals surface area contributed by atoms with Crippen LogP contribution in [0.2, 0.25) is 18.6 Å². The Kier molecular flexibility index (Phi) is 10.4. The Labute approximate surface area is 317 Å². The van der Waals surface area contributed by atoms with Gasteiger partial charge in [-0.3, -0.25) is 14.3 Å². The van der Waals surface area contributed by atoms with Gasteiger partial charge in [-0.25, -0.2) is 0 Å². The molecule has 1 saturated heterocycles. The first-order valence-electron chi connectivity index (χ1n) is 18.4. The maximum Gasteiger partial charge on any atom is 0.264 e. The SMILES string of the molecule is C=CCN1C(=O)[C@]2(O[C@H](CCn3cc(C(CO)c4ccccc4)nn3)[C@@H]([Si](C)(C)c3ccc(OC)cc3)[C@@H]2C)c2cc(NC(=O)c3ccccc3)ccc21. The van der Waals surface area contributed by atoms with E-state index >= 15 is 0 Å². The van der Waals surface area contributed by atoms with E-state index in [9.17, 15) is 14.7 Å². The van der Waals surface area contributed by atoms with Crippen LogP contribution >= 0.6 is 0 Å². The van der Waals surface area contributed by atoms with Crippen LogP contribution in [0.4, 0.5) is 11.4 Å². The molecule has 2 amide bonds. The highest BCUT2D eigenvalue weighted by Gasteiger charge is 2.66. The van der Waals surface area contributed by atoms with Crippen LogP contribution in [0.5, 0.6) is 5.75 Å². The average Bonchev–Trinajstić information content (AvgIpc) is 3.85. The number of aliphatic hydroxyl groups is 1. The van der Waals surface area contributed by atoms with E-state index in [1.165, 1.54) is 5.19 Å². The van der Waals surface area contributed by atoms with Crippen molar-refractivity contribution in [2.75, 3.05) is 30.5 Å². The smallest absolute Gasteiger partial charge is 0.264 e. The number of nitrogens with zero attached hydrogens (tertiary/aromatic N) is 4. The van der Waals surface area contributed by atoms with Crippen molar-refractivity contribution >= 4 is 36.4 Å². The van der Waals surface area contributed by atoms with Crippen molar-refractivity contribution in [2.45, 2.75) is 56.1 Å². The van der Waals surface area contributed by atoms with E-state index in [0.29, 0.717) is 36.5 Å². The number of carbonyl (C=O) groups is 2.